The van der Waals surface area contributed by atoms with Gasteiger partial charge in [0.15, 0.2) is 5.78 Å². The molecule has 0 aliphatic carbocycles. The van der Waals surface area contributed by atoms with Gasteiger partial charge in [0.05, 0.1) is 20.3 Å². The summed E-state index contributed by atoms with van der Waals surface area (Å²) >= 11 is 0. The van der Waals surface area contributed by atoms with E-state index in [-0.39, 0.29) is 24.5 Å². The van der Waals surface area contributed by atoms with E-state index in [9.17, 15) is 9.59 Å². The van der Waals surface area contributed by atoms with Crippen LogP contribution < -0.4 is 4.74 Å². The number of Topliss-reactive ketones (excluding diaryl/α,β-unsaturated/α-hetero) is 1. The first-order valence-electron chi connectivity index (χ1n) is 9.91. The maximum Gasteiger partial charge on any atom is 0.223 e. The third kappa shape index (κ3) is 5.78. The summed E-state index contributed by atoms with van der Waals surface area (Å²) in [6.07, 6.45) is 2.63. The molecule has 0 radical (unpaired) electrons. The molecule has 0 aromatic heterocycles. The van der Waals surface area contributed by atoms with Crippen LogP contribution in [0.25, 0.3) is 0 Å². The summed E-state index contributed by atoms with van der Waals surface area (Å²) in [5.41, 5.74) is 0.603. The Hall–Kier alpha value is -1.92. The van der Waals surface area contributed by atoms with Gasteiger partial charge < -0.3 is 14.4 Å². The van der Waals surface area contributed by atoms with E-state index >= 15 is 0 Å². The fraction of sp³-hybridized carbons (Fsp3) is 0.619. The lowest BCUT2D eigenvalue weighted by molar-refractivity contribution is -0.132. The molecule has 0 bridgehead atoms. The molecule has 3 rings (SSSR count). The van der Waals surface area contributed by atoms with Crippen molar-refractivity contribution in [3.8, 4) is 5.75 Å². The molecule has 0 spiro atoms. The molecule has 27 heavy (non-hydrogen) atoms. The van der Waals surface area contributed by atoms with Crippen molar-refractivity contribution in [3.05, 3.63) is 29.8 Å². The highest BCUT2D eigenvalue weighted by Gasteiger charge is 2.25. The normalized spacial score (nSPS) is 19.1. The minimum atomic E-state index is -0.00977. The molecule has 6 heteroatoms. The molecule has 0 unspecified atom stereocenters. The van der Waals surface area contributed by atoms with Crippen molar-refractivity contribution >= 4 is 11.7 Å². The predicted octanol–water partition coefficient (Wildman–Crippen LogP) is 2.23. The largest absolute Gasteiger partial charge is 0.497 e. The van der Waals surface area contributed by atoms with Gasteiger partial charge in [-0.3, -0.25) is 14.5 Å². The molecule has 1 aromatic carbocycles. The van der Waals surface area contributed by atoms with Crippen molar-refractivity contribution in [2.24, 2.45) is 5.92 Å². The third-order valence-corrected chi connectivity index (χ3v) is 5.54. The van der Waals surface area contributed by atoms with Gasteiger partial charge in [-0.25, -0.2) is 0 Å². The highest BCUT2D eigenvalue weighted by atomic mass is 16.5. The van der Waals surface area contributed by atoms with Gasteiger partial charge in [0.25, 0.3) is 0 Å². The fourth-order valence-electron chi connectivity index (χ4n) is 3.83. The van der Waals surface area contributed by atoms with Gasteiger partial charge in [0, 0.05) is 51.1 Å². The molecule has 148 valence electrons. The summed E-state index contributed by atoms with van der Waals surface area (Å²) in [5, 5.41) is 0. The van der Waals surface area contributed by atoms with E-state index in [0.717, 1.165) is 58.8 Å². The number of hydrogen-bond donors (Lipinski definition) is 0. The van der Waals surface area contributed by atoms with E-state index in [2.05, 4.69) is 4.90 Å². The number of carbonyl (C=O) groups excluding carboxylic acids is 2. The summed E-state index contributed by atoms with van der Waals surface area (Å²) in [4.78, 5) is 29.2. The predicted molar refractivity (Wildman–Crippen MR) is 103 cm³/mol. The first-order valence-corrected chi connectivity index (χ1v) is 9.91. The average molecular weight is 374 g/mol. The first kappa shape index (κ1) is 19.8. The van der Waals surface area contributed by atoms with E-state index in [1.54, 1.807) is 25.3 Å². The molecule has 6 nitrogen and oxygen atoms in total. The van der Waals surface area contributed by atoms with Crippen LogP contribution >= 0.6 is 0 Å². The topological polar surface area (TPSA) is 59.1 Å². The lowest BCUT2D eigenvalue weighted by atomic mass is 9.95. The van der Waals surface area contributed by atoms with Gasteiger partial charge in [-0.05, 0) is 30.9 Å². The number of rotatable bonds is 7. The van der Waals surface area contributed by atoms with Crippen LogP contribution in [0, 0.1) is 5.92 Å². The van der Waals surface area contributed by atoms with Crippen molar-refractivity contribution in [1.82, 2.24) is 9.80 Å². The van der Waals surface area contributed by atoms with Crippen LogP contribution in [-0.4, -0.2) is 74.5 Å². The number of carbonyl (C=O) groups is 2. The summed E-state index contributed by atoms with van der Waals surface area (Å²) in [7, 11) is 1.58. The molecule has 2 saturated heterocycles. The van der Waals surface area contributed by atoms with Crippen molar-refractivity contribution in [3.63, 3.8) is 0 Å². The SMILES string of the molecule is COc1cccc(C(=O)CCC(=O)N2CCC(CN3CCOCC3)CC2)c1. The number of hydrogen-bond acceptors (Lipinski definition) is 5. The number of benzene rings is 1. The molecule has 2 heterocycles. The first-order chi connectivity index (χ1) is 13.2. The Bertz CT molecular complexity index is 635. The smallest absolute Gasteiger partial charge is 0.223 e. The molecule has 2 aliphatic rings. The Morgan fingerprint density at radius 2 is 1.85 bits per heavy atom. The minimum Gasteiger partial charge on any atom is -0.497 e. The number of ether oxygens (including phenoxy) is 2. The van der Waals surface area contributed by atoms with Gasteiger partial charge in [-0.1, -0.05) is 12.1 Å². The maximum absolute atomic E-state index is 12.5. The average Bonchev–Trinajstić information content (AvgIpc) is 2.73. The number of piperidine rings is 1. The van der Waals surface area contributed by atoms with Crippen molar-refractivity contribution < 1.29 is 19.1 Å². The quantitative estimate of drug-likeness (QED) is 0.685. The van der Waals surface area contributed by atoms with Gasteiger partial charge >= 0.3 is 0 Å². The van der Waals surface area contributed by atoms with Gasteiger partial charge in [-0.2, -0.15) is 0 Å². The zero-order valence-corrected chi connectivity index (χ0v) is 16.2. The number of nitrogens with zero attached hydrogens (tertiary/aromatic N) is 2. The second kappa shape index (κ2) is 9.85. The third-order valence-electron chi connectivity index (χ3n) is 5.54. The fourth-order valence-corrected chi connectivity index (χ4v) is 3.83. The zero-order valence-electron chi connectivity index (χ0n) is 16.2. The minimum absolute atomic E-state index is 0.00977. The summed E-state index contributed by atoms with van der Waals surface area (Å²) in [6, 6.07) is 7.10. The molecular formula is C21H30N2O4. The molecule has 0 N–H and O–H groups in total. The Kier molecular flexibility index (Phi) is 7.24. The Labute approximate surface area is 161 Å². The molecule has 1 amide bonds. The molecule has 0 atom stereocenters. The summed E-state index contributed by atoms with van der Waals surface area (Å²) < 4.78 is 10.6. The van der Waals surface area contributed by atoms with Crippen molar-refractivity contribution in [2.45, 2.75) is 25.7 Å². The highest BCUT2D eigenvalue weighted by molar-refractivity contribution is 5.98. The monoisotopic (exact) mass is 374 g/mol. The van der Waals surface area contributed by atoms with Gasteiger partial charge in [0.1, 0.15) is 5.75 Å². The van der Waals surface area contributed by atoms with E-state index < -0.39 is 0 Å². The lowest BCUT2D eigenvalue weighted by Gasteiger charge is -2.36. The molecular weight excluding hydrogens is 344 g/mol. The van der Waals surface area contributed by atoms with Crippen LogP contribution in [0.2, 0.25) is 0 Å². The number of methoxy groups -OCH3 is 1. The van der Waals surface area contributed by atoms with E-state index in [1.807, 2.05) is 11.0 Å². The van der Waals surface area contributed by atoms with Gasteiger partial charge in [-0.15, -0.1) is 0 Å². The van der Waals surface area contributed by atoms with Crippen LogP contribution in [-0.2, 0) is 9.53 Å². The number of ketones is 1. The molecule has 2 aliphatic heterocycles. The van der Waals surface area contributed by atoms with Crippen molar-refractivity contribution in [1.29, 1.82) is 0 Å². The van der Waals surface area contributed by atoms with E-state index in [0.29, 0.717) is 17.2 Å². The Balaban J connectivity index is 1.39. The summed E-state index contributed by atoms with van der Waals surface area (Å²) in [5.74, 6) is 1.40. The molecule has 2 fully saturated rings. The van der Waals surface area contributed by atoms with Crippen LogP contribution in [0.3, 0.4) is 0 Å². The highest BCUT2D eigenvalue weighted by Crippen LogP contribution is 2.20. The van der Waals surface area contributed by atoms with Crippen molar-refractivity contribution in [2.75, 3.05) is 53.0 Å². The summed E-state index contributed by atoms with van der Waals surface area (Å²) in [6.45, 7) is 6.43. The molecule has 1 aromatic rings. The van der Waals surface area contributed by atoms with Crippen LogP contribution in [0.1, 0.15) is 36.0 Å². The second-order valence-corrected chi connectivity index (χ2v) is 7.39. The van der Waals surface area contributed by atoms with Crippen LogP contribution in [0.4, 0.5) is 0 Å². The lowest BCUT2D eigenvalue weighted by Crippen LogP contribution is -2.44. The van der Waals surface area contributed by atoms with Crippen LogP contribution in [0.15, 0.2) is 24.3 Å². The van der Waals surface area contributed by atoms with Crippen LogP contribution in [0.5, 0.6) is 5.75 Å². The van der Waals surface area contributed by atoms with E-state index in [1.165, 1.54) is 0 Å². The Morgan fingerprint density at radius 3 is 2.56 bits per heavy atom. The Morgan fingerprint density at radius 1 is 1.11 bits per heavy atom. The maximum atomic E-state index is 12.5. The van der Waals surface area contributed by atoms with E-state index in [4.69, 9.17) is 9.47 Å². The standard InChI is InChI=1S/C21H30N2O4/c1-26-19-4-2-3-18(15-19)20(24)5-6-21(25)23-9-7-17(8-10-23)16-22-11-13-27-14-12-22/h2-4,15,17H,5-14,16H2,1H3. The zero-order chi connectivity index (χ0) is 19.1. The number of likely N-dealkylation sites (tertiary alicyclic amines) is 1. The second-order valence-electron chi connectivity index (χ2n) is 7.39. The van der Waals surface area contributed by atoms with Gasteiger partial charge in [0.2, 0.25) is 5.91 Å². The number of amides is 1. The number of morpholine rings is 1. The molecule has 0 saturated carbocycles.